The van der Waals surface area contributed by atoms with E-state index in [9.17, 15) is 4.79 Å². The highest BCUT2D eigenvalue weighted by Gasteiger charge is 2.33. The van der Waals surface area contributed by atoms with Gasteiger partial charge in [-0.15, -0.1) is 0 Å². The maximum absolute atomic E-state index is 12.4. The van der Waals surface area contributed by atoms with Crippen molar-refractivity contribution in [2.24, 2.45) is 5.73 Å². The van der Waals surface area contributed by atoms with Gasteiger partial charge in [-0.3, -0.25) is 9.69 Å². The molecule has 0 aromatic rings. The number of carbonyl (C=O) groups excluding carboxylic acids is 1. The summed E-state index contributed by atoms with van der Waals surface area (Å²) in [5.74, 6) is 0.124. The number of amides is 1. The van der Waals surface area contributed by atoms with Crippen molar-refractivity contribution in [1.82, 2.24) is 10.2 Å². The maximum Gasteiger partial charge on any atom is 0.237 e. The lowest BCUT2D eigenvalue weighted by molar-refractivity contribution is -0.129. The van der Waals surface area contributed by atoms with Crippen molar-refractivity contribution in [3.63, 3.8) is 0 Å². The van der Waals surface area contributed by atoms with Gasteiger partial charge in [0.25, 0.3) is 0 Å². The molecule has 19 heavy (non-hydrogen) atoms. The molecule has 1 saturated heterocycles. The van der Waals surface area contributed by atoms with Crippen molar-refractivity contribution in [3.05, 3.63) is 0 Å². The zero-order valence-electron chi connectivity index (χ0n) is 13.2. The third-order valence-corrected chi connectivity index (χ3v) is 4.42. The Kier molecular flexibility index (Phi) is 5.81. The maximum atomic E-state index is 12.4. The predicted molar refractivity (Wildman–Crippen MR) is 80.0 cm³/mol. The van der Waals surface area contributed by atoms with E-state index in [2.05, 4.69) is 31.0 Å². The Morgan fingerprint density at radius 1 is 1.42 bits per heavy atom. The summed E-state index contributed by atoms with van der Waals surface area (Å²) in [6, 6.07) is 0.357. The molecule has 0 aromatic heterocycles. The van der Waals surface area contributed by atoms with E-state index in [1.54, 1.807) is 0 Å². The smallest absolute Gasteiger partial charge is 0.237 e. The summed E-state index contributed by atoms with van der Waals surface area (Å²) < 4.78 is 0. The molecule has 1 heterocycles. The summed E-state index contributed by atoms with van der Waals surface area (Å²) in [6.45, 7) is 11.3. The minimum absolute atomic E-state index is 0.0953. The molecule has 4 nitrogen and oxygen atoms in total. The second-order valence-corrected chi connectivity index (χ2v) is 6.56. The highest BCUT2D eigenvalue weighted by molar-refractivity contribution is 5.82. The largest absolute Gasteiger partial charge is 0.350 e. The van der Waals surface area contributed by atoms with Gasteiger partial charge in [0.2, 0.25) is 5.91 Å². The minimum atomic E-state index is -0.134. The van der Waals surface area contributed by atoms with Crippen LogP contribution in [0.4, 0.5) is 0 Å². The number of nitrogens with two attached hydrogens (primary N) is 1. The number of carbonyl (C=O) groups is 1. The van der Waals surface area contributed by atoms with Gasteiger partial charge in [-0.1, -0.05) is 13.3 Å². The van der Waals surface area contributed by atoms with E-state index >= 15 is 0 Å². The van der Waals surface area contributed by atoms with Crippen molar-refractivity contribution in [2.75, 3.05) is 6.54 Å². The van der Waals surface area contributed by atoms with Gasteiger partial charge in [0.1, 0.15) is 0 Å². The highest BCUT2D eigenvalue weighted by Crippen LogP contribution is 2.22. The summed E-state index contributed by atoms with van der Waals surface area (Å²) in [7, 11) is 0. The predicted octanol–water partition coefficient (Wildman–Crippen LogP) is 1.88. The Morgan fingerprint density at radius 3 is 2.58 bits per heavy atom. The molecule has 1 fully saturated rings. The molecule has 0 bridgehead atoms. The van der Waals surface area contributed by atoms with Crippen molar-refractivity contribution in [3.8, 4) is 0 Å². The normalized spacial score (nSPS) is 24.8. The Morgan fingerprint density at radius 2 is 2.05 bits per heavy atom. The Labute approximate surface area is 118 Å². The lowest BCUT2D eigenvalue weighted by Crippen LogP contribution is -2.58. The highest BCUT2D eigenvalue weighted by atomic mass is 16.2. The molecule has 0 aromatic carbocycles. The first kappa shape index (κ1) is 16.4. The molecular formula is C15H31N3O. The average Bonchev–Trinajstić information content (AvgIpc) is 2.37. The molecule has 1 aliphatic heterocycles. The van der Waals surface area contributed by atoms with Crippen LogP contribution in [0.15, 0.2) is 0 Å². The second-order valence-electron chi connectivity index (χ2n) is 6.56. The molecule has 3 N–H and O–H groups in total. The van der Waals surface area contributed by atoms with Crippen LogP contribution in [0.2, 0.25) is 0 Å². The lowest BCUT2D eigenvalue weighted by Gasteiger charge is -2.42. The summed E-state index contributed by atoms with van der Waals surface area (Å²) >= 11 is 0. The van der Waals surface area contributed by atoms with Gasteiger partial charge in [-0.05, 0) is 53.5 Å². The molecule has 112 valence electrons. The van der Waals surface area contributed by atoms with Crippen LogP contribution in [-0.4, -0.2) is 41.0 Å². The molecule has 3 unspecified atom stereocenters. The van der Waals surface area contributed by atoms with Gasteiger partial charge in [0.15, 0.2) is 0 Å². The van der Waals surface area contributed by atoms with Crippen molar-refractivity contribution in [1.29, 1.82) is 0 Å². The Balaban J connectivity index is 2.68. The van der Waals surface area contributed by atoms with Crippen LogP contribution in [0, 0.1) is 0 Å². The van der Waals surface area contributed by atoms with E-state index in [0.29, 0.717) is 6.04 Å². The zero-order valence-corrected chi connectivity index (χ0v) is 13.2. The fourth-order valence-electron chi connectivity index (χ4n) is 2.70. The first-order valence-corrected chi connectivity index (χ1v) is 7.62. The Bertz CT molecular complexity index is 302. The molecule has 4 heteroatoms. The molecule has 0 aliphatic carbocycles. The third kappa shape index (κ3) is 4.46. The summed E-state index contributed by atoms with van der Waals surface area (Å²) in [5, 5.41) is 3.14. The van der Waals surface area contributed by atoms with Crippen LogP contribution in [0.25, 0.3) is 0 Å². The summed E-state index contributed by atoms with van der Waals surface area (Å²) in [4.78, 5) is 14.7. The van der Waals surface area contributed by atoms with Gasteiger partial charge in [-0.2, -0.15) is 0 Å². The van der Waals surface area contributed by atoms with Crippen molar-refractivity contribution < 1.29 is 4.79 Å². The molecule has 1 aliphatic rings. The quantitative estimate of drug-likeness (QED) is 0.801. The molecule has 1 amide bonds. The monoisotopic (exact) mass is 269 g/mol. The number of hydrogen-bond donors (Lipinski definition) is 2. The van der Waals surface area contributed by atoms with Gasteiger partial charge in [0, 0.05) is 17.6 Å². The van der Waals surface area contributed by atoms with Crippen LogP contribution in [-0.2, 0) is 4.79 Å². The molecule has 0 spiro atoms. The molecule has 3 atom stereocenters. The first-order valence-electron chi connectivity index (χ1n) is 7.62. The SMILES string of the molecule is CCC(C)(C)NC(=O)C(C)N1CCCCC1C(C)N. The number of piperidine rings is 1. The van der Waals surface area contributed by atoms with E-state index in [1.165, 1.54) is 6.42 Å². The van der Waals surface area contributed by atoms with Gasteiger partial charge >= 0.3 is 0 Å². The summed E-state index contributed by atoms with van der Waals surface area (Å²) in [6.07, 6.45) is 4.42. The number of rotatable bonds is 5. The van der Waals surface area contributed by atoms with Crippen molar-refractivity contribution in [2.45, 2.75) is 84.0 Å². The number of hydrogen-bond acceptors (Lipinski definition) is 3. The standard InChI is InChI=1S/C15H31N3O/c1-6-15(4,5)17-14(19)12(3)18-10-8-7-9-13(18)11(2)16/h11-13H,6-10,16H2,1-5H3,(H,17,19). The second kappa shape index (κ2) is 6.71. The number of nitrogens with one attached hydrogen (secondary N) is 1. The molecular weight excluding hydrogens is 238 g/mol. The van der Waals surface area contributed by atoms with E-state index in [-0.39, 0.29) is 23.5 Å². The zero-order chi connectivity index (χ0) is 14.6. The lowest BCUT2D eigenvalue weighted by atomic mass is 9.94. The summed E-state index contributed by atoms with van der Waals surface area (Å²) in [5.41, 5.74) is 5.94. The van der Waals surface area contributed by atoms with Gasteiger partial charge in [-0.25, -0.2) is 0 Å². The number of likely N-dealkylation sites (tertiary alicyclic amines) is 1. The minimum Gasteiger partial charge on any atom is -0.350 e. The average molecular weight is 269 g/mol. The topological polar surface area (TPSA) is 58.4 Å². The van der Waals surface area contributed by atoms with Gasteiger partial charge < -0.3 is 11.1 Å². The van der Waals surface area contributed by atoms with Crippen LogP contribution in [0.1, 0.15) is 60.3 Å². The fraction of sp³-hybridized carbons (Fsp3) is 0.933. The van der Waals surface area contributed by atoms with E-state index in [1.807, 2.05) is 13.8 Å². The van der Waals surface area contributed by atoms with Crippen molar-refractivity contribution >= 4 is 5.91 Å². The van der Waals surface area contributed by atoms with Crippen LogP contribution < -0.4 is 11.1 Å². The van der Waals surface area contributed by atoms with Crippen LogP contribution in [0.5, 0.6) is 0 Å². The van der Waals surface area contributed by atoms with Gasteiger partial charge in [0.05, 0.1) is 6.04 Å². The molecule has 1 rings (SSSR count). The van der Waals surface area contributed by atoms with Crippen LogP contribution >= 0.6 is 0 Å². The fourth-order valence-corrected chi connectivity index (χ4v) is 2.70. The van der Waals surface area contributed by atoms with E-state index < -0.39 is 0 Å². The Hall–Kier alpha value is -0.610. The first-order chi connectivity index (χ1) is 8.78. The van der Waals surface area contributed by atoms with E-state index in [4.69, 9.17) is 5.73 Å². The molecule has 0 saturated carbocycles. The molecule has 0 radical (unpaired) electrons. The van der Waals surface area contributed by atoms with E-state index in [0.717, 1.165) is 25.8 Å². The van der Waals surface area contributed by atoms with Crippen LogP contribution in [0.3, 0.4) is 0 Å². The third-order valence-electron chi connectivity index (χ3n) is 4.42. The number of nitrogens with zero attached hydrogens (tertiary/aromatic N) is 1.